The number of hydrogen-bond donors (Lipinski definition) is 1. The topological polar surface area (TPSA) is 94.0 Å². The first-order valence-corrected chi connectivity index (χ1v) is 11.6. The zero-order valence-electron chi connectivity index (χ0n) is 16.8. The lowest BCUT2D eigenvalue weighted by Crippen LogP contribution is -2.15. The van der Waals surface area contributed by atoms with E-state index in [1.165, 1.54) is 12.5 Å². The summed E-state index contributed by atoms with van der Waals surface area (Å²) in [7, 11) is -3.37. The highest BCUT2D eigenvalue weighted by Crippen LogP contribution is 2.26. The average Bonchev–Trinajstić information content (AvgIpc) is 2.83. The first-order valence-electron chi connectivity index (χ1n) is 9.73. The SMILES string of the molecule is Cc1cc(C(=O)Nc2cc(S(C)(=O)=O)ccc2C)c2nc3n(c2n1)CCCCC3. The van der Waals surface area contributed by atoms with E-state index in [1.54, 1.807) is 18.2 Å². The summed E-state index contributed by atoms with van der Waals surface area (Å²) in [5.41, 5.74) is 3.80. The van der Waals surface area contributed by atoms with E-state index in [2.05, 4.69) is 14.9 Å². The summed E-state index contributed by atoms with van der Waals surface area (Å²) in [6.07, 6.45) is 5.36. The van der Waals surface area contributed by atoms with E-state index in [1.807, 2.05) is 13.8 Å². The van der Waals surface area contributed by atoms with Gasteiger partial charge in [0, 0.05) is 30.6 Å². The number of aromatic nitrogens is 3. The van der Waals surface area contributed by atoms with Gasteiger partial charge in [0.15, 0.2) is 15.5 Å². The molecule has 0 aliphatic carbocycles. The number of benzene rings is 1. The van der Waals surface area contributed by atoms with Crippen LogP contribution in [0.1, 0.15) is 46.7 Å². The van der Waals surface area contributed by atoms with Crippen LogP contribution in [0, 0.1) is 13.8 Å². The van der Waals surface area contributed by atoms with Gasteiger partial charge in [0.2, 0.25) is 0 Å². The Morgan fingerprint density at radius 2 is 1.90 bits per heavy atom. The number of carbonyl (C=O) groups excluding carboxylic acids is 1. The Kier molecular flexibility index (Phi) is 4.90. The molecule has 1 amide bonds. The van der Waals surface area contributed by atoms with Crippen LogP contribution in [-0.4, -0.2) is 35.1 Å². The highest BCUT2D eigenvalue weighted by Gasteiger charge is 2.21. The summed E-state index contributed by atoms with van der Waals surface area (Å²) in [6, 6.07) is 6.47. The third kappa shape index (κ3) is 3.76. The summed E-state index contributed by atoms with van der Waals surface area (Å²) in [5.74, 6) is 0.655. The highest BCUT2D eigenvalue weighted by atomic mass is 32.2. The van der Waals surface area contributed by atoms with Gasteiger partial charge in [-0.25, -0.2) is 18.4 Å². The smallest absolute Gasteiger partial charge is 0.258 e. The second-order valence-corrected chi connectivity index (χ2v) is 9.69. The van der Waals surface area contributed by atoms with Crippen LogP contribution in [-0.2, 0) is 22.8 Å². The number of imidazole rings is 1. The minimum Gasteiger partial charge on any atom is -0.322 e. The lowest BCUT2D eigenvalue weighted by Gasteiger charge is -2.11. The summed E-state index contributed by atoms with van der Waals surface area (Å²) < 4.78 is 25.9. The number of fused-ring (bicyclic) bond motifs is 3. The fraction of sp³-hybridized carbons (Fsp3) is 0.381. The van der Waals surface area contributed by atoms with Crippen molar-refractivity contribution in [3.63, 3.8) is 0 Å². The molecule has 1 aromatic carbocycles. The molecule has 0 unspecified atom stereocenters. The van der Waals surface area contributed by atoms with Gasteiger partial charge in [-0.15, -0.1) is 0 Å². The van der Waals surface area contributed by atoms with Crippen LogP contribution in [0.15, 0.2) is 29.2 Å². The maximum absolute atomic E-state index is 13.1. The molecule has 3 aromatic rings. The molecular weight excluding hydrogens is 388 g/mol. The van der Waals surface area contributed by atoms with Crippen molar-refractivity contribution in [2.24, 2.45) is 0 Å². The molecule has 3 heterocycles. The predicted octanol–water partition coefficient (Wildman–Crippen LogP) is 3.43. The third-order valence-corrected chi connectivity index (χ3v) is 6.43. The van der Waals surface area contributed by atoms with Gasteiger partial charge in [0.25, 0.3) is 5.91 Å². The fourth-order valence-electron chi connectivity index (χ4n) is 3.74. The highest BCUT2D eigenvalue weighted by molar-refractivity contribution is 7.90. The van der Waals surface area contributed by atoms with Gasteiger partial charge < -0.3 is 9.88 Å². The van der Waals surface area contributed by atoms with E-state index in [-0.39, 0.29) is 10.8 Å². The number of nitrogens with one attached hydrogen (secondary N) is 1. The van der Waals surface area contributed by atoms with Gasteiger partial charge in [-0.2, -0.15) is 0 Å². The fourth-order valence-corrected chi connectivity index (χ4v) is 4.39. The van der Waals surface area contributed by atoms with E-state index in [0.29, 0.717) is 16.8 Å². The molecule has 1 N–H and O–H groups in total. The number of pyridine rings is 1. The van der Waals surface area contributed by atoms with E-state index >= 15 is 0 Å². The molecule has 0 spiro atoms. The molecule has 29 heavy (non-hydrogen) atoms. The maximum atomic E-state index is 13.1. The van der Waals surface area contributed by atoms with Crippen molar-refractivity contribution in [3.8, 4) is 0 Å². The second kappa shape index (κ2) is 7.26. The lowest BCUT2D eigenvalue weighted by molar-refractivity contribution is 0.102. The number of nitrogens with zero attached hydrogens (tertiary/aromatic N) is 3. The Balaban J connectivity index is 1.77. The molecule has 1 aliphatic rings. The van der Waals surface area contributed by atoms with Crippen LogP contribution in [0.2, 0.25) is 0 Å². The Morgan fingerprint density at radius 1 is 1.10 bits per heavy atom. The number of sulfone groups is 1. The van der Waals surface area contributed by atoms with Crippen molar-refractivity contribution in [2.45, 2.75) is 51.0 Å². The zero-order chi connectivity index (χ0) is 20.8. The van der Waals surface area contributed by atoms with Crippen LogP contribution < -0.4 is 5.32 Å². The first-order chi connectivity index (χ1) is 13.7. The number of aryl methyl sites for hydroxylation is 4. The van der Waals surface area contributed by atoms with Crippen LogP contribution >= 0.6 is 0 Å². The monoisotopic (exact) mass is 412 g/mol. The molecule has 0 radical (unpaired) electrons. The zero-order valence-corrected chi connectivity index (χ0v) is 17.6. The Labute approximate surface area is 170 Å². The molecule has 8 heteroatoms. The van der Waals surface area contributed by atoms with E-state index < -0.39 is 9.84 Å². The molecule has 1 aliphatic heterocycles. The van der Waals surface area contributed by atoms with Crippen LogP contribution in [0.3, 0.4) is 0 Å². The third-order valence-electron chi connectivity index (χ3n) is 5.32. The van der Waals surface area contributed by atoms with Crippen molar-refractivity contribution in [2.75, 3.05) is 11.6 Å². The van der Waals surface area contributed by atoms with Crippen molar-refractivity contribution in [3.05, 3.63) is 46.9 Å². The summed E-state index contributed by atoms with van der Waals surface area (Å²) in [6.45, 7) is 4.55. The van der Waals surface area contributed by atoms with E-state index in [0.717, 1.165) is 54.8 Å². The summed E-state index contributed by atoms with van der Waals surface area (Å²) in [4.78, 5) is 22.7. The van der Waals surface area contributed by atoms with Gasteiger partial charge in [-0.1, -0.05) is 12.5 Å². The Bertz CT molecular complexity index is 1230. The van der Waals surface area contributed by atoms with Crippen molar-refractivity contribution in [1.82, 2.24) is 14.5 Å². The van der Waals surface area contributed by atoms with Gasteiger partial charge in [0.05, 0.1) is 10.5 Å². The quantitative estimate of drug-likeness (QED) is 0.711. The van der Waals surface area contributed by atoms with Gasteiger partial charge in [0.1, 0.15) is 11.3 Å². The maximum Gasteiger partial charge on any atom is 0.258 e. The number of carbonyl (C=O) groups is 1. The van der Waals surface area contributed by atoms with Crippen LogP contribution in [0.4, 0.5) is 5.69 Å². The summed E-state index contributed by atoms with van der Waals surface area (Å²) >= 11 is 0. The summed E-state index contributed by atoms with van der Waals surface area (Å²) in [5, 5.41) is 2.87. The van der Waals surface area contributed by atoms with Crippen molar-refractivity contribution >= 4 is 32.6 Å². The number of rotatable bonds is 3. The van der Waals surface area contributed by atoms with Gasteiger partial charge in [-0.05, 0) is 50.5 Å². The molecular formula is C21H24N4O3S. The molecule has 0 fully saturated rings. The molecule has 152 valence electrons. The van der Waals surface area contributed by atoms with Gasteiger partial charge >= 0.3 is 0 Å². The molecule has 4 rings (SSSR count). The van der Waals surface area contributed by atoms with Gasteiger partial charge in [-0.3, -0.25) is 4.79 Å². The molecule has 2 aromatic heterocycles. The molecule has 0 atom stereocenters. The minimum absolute atomic E-state index is 0.170. The molecule has 0 saturated heterocycles. The Morgan fingerprint density at radius 3 is 2.66 bits per heavy atom. The minimum atomic E-state index is -3.37. The Hall–Kier alpha value is -2.74. The lowest BCUT2D eigenvalue weighted by atomic mass is 10.1. The van der Waals surface area contributed by atoms with Crippen molar-refractivity contribution in [1.29, 1.82) is 0 Å². The van der Waals surface area contributed by atoms with Crippen LogP contribution in [0.5, 0.6) is 0 Å². The second-order valence-electron chi connectivity index (χ2n) is 7.68. The normalized spacial score (nSPS) is 14.4. The van der Waals surface area contributed by atoms with E-state index in [4.69, 9.17) is 4.98 Å². The van der Waals surface area contributed by atoms with E-state index in [9.17, 15) is 13.2 Å². The number of amides is 1. The standard InChI is InChI=1S/C21H24N4O3S/c1-13-8-9-15(29(3,27)28)12-17(13)23-21(26)16-11-14(2)22-20-19(16)24-18-7-5-4-6-10-25(18)20/h8-9,11-12H,4-7,10H2,1-3H3,(H,23,26). The average molecular weight is 413 g/mol. The van der Waals surface area contributed by atoms with Crippen molar-refractivity contribution < 1.29 is 13.2 Å². The van der Waals surface area contributed by atoms with Crippen LogP contribution in [0.25, 0.3) is 11.2 Å². The first kappa shape index (κ1) is 19.6. The number of anilines is 1. The molecule has 0 bridgehead atoms. The number of hydrogen-bond acceptors (Lipinski definition) is 5. The largest absolute Gasteiger partial charge is 0.322 e. The molecule has 0 saturated carbocycles. The predicted molar refractivity (Wildman–Crippen MR) is 112 cm³/mol. The molecule has 7 nitrogen and oxygen atoms in total.